The summed E-state index contributed by atoms with van der Waals surface area (Å²) in [7, 11) is 0. The topological polar surface area (TPSA) is 57.6 Å². The predicted octanol–water partition coefficient (Wildman–Crippen LogP) is 2.95. The zero-order valence-electron chi connectivity index (χ0n) is 11.2. The SMILES string of the molecule is O=C(O)[C@@H]1CN(C(=O)c2cc(F)c(F)cc2Cl)C[C@H]1C(F)(F)F. The summed E-state index contributed by atoms with van der Waals surface area (Å²) in [5.74, 6) is -9.56. The number of carbonyl (C=O) groups is 2. The number of aliphatic carboxylic acids is 1. The first kappa shape index (κ1) is 17.5. The minimum Gasteiger partial charge on any atom is -0.481 e. The number of amides is 1. The Hall–Kier alpha value is -1.90. The molecule has 1 aromatic carbocycles. The first-order chi connectivity index (χ1) is 10.5. The molecule has 10 heteroatoms. The number of alkyl halides is 3. The van der Waals surface area contributed by atoms with Gasteiger partial charge in [0.15, 0.2) is 11.6 Å². The van der Waals surface area contributed by atoms with Gasteiger partial charge in [-0.1, -0.05) is 11.6 Å². The van der Waals surface area contributed by atoms with Crippen molar-refractivity contribution in [1.29, 1.82) is 0 Å². The predicted molar refractivity (Wildman–Crippen MR) is 67.9 cm³/mol. The molecule has 2 rings (SSSR count). The maximum atomic E-state index is 13.2. The molecule has 4 nitrogen and oxygen atoms in total. The van der Waals surface area contributed by atoms with Crippen molar-refractivity contribution in [3.05, 3.63) is 34.4 Å². The van der Waals surface area contributed by atoms with Crippen LogP contribution < -0.4 is 0 Å². The lowest BCUT2D eigenvalue weighted by Crippen LogP contribution is -2.34. The van der Waals surface area contributed by atoms with Gasteiger partial charge in [-0.2, -0.15) is 13.2 Å². The zero-order chi connectivity index (χ0) is 17.5. The summed E-state index contributed by atoms with van der Waals surface area (Å²) in [5, 5.41) is 8.40. The van der Waals surface area contributed by atoms with Gasteiger partial charge < -0.3 is 10.0 Å². The van der Waals surface area contributed by atoms with E-state index in [9.17, 15) is 31.5 Å². The second kappa shape index (κ2) is 5.95. The Morgan fingerprint density at radius 2 is 1.74 bits per heavy atom. The van der Waals surface area contributed by atoms with Crippen molar-refractivity contribution in [1.82, 2.24) is 4.90 Å². The van der Waals surface area contributed by atoms with E-state index in [1.165, 1.54) is 0 Å². The molecule has 1 aliphatic heterocycles. The molecule has 23 heavy (non-hydrogen) atoms. The molecule has 0 aliphatic carbocycles. The van der Waals surface area contributed by atoms with Crippen LogP contribution in [0.4, 0.5) is 22.0 Å². The average Bonchev–Trinajstić information content (AvgIpc) is 2.87. The van der Waals surface area contributed by atoms with Crippen molar-refractivity contribution >= 4 is 23.5 Å². The Balaban J connectivity index is 2.31. The van der Waals surface area contributed by atoms with Gasteiger partial charge >= 0.3 is 12.1 Å². The highest BCUT2D eigenvalue weighted by molar-refractivity contribution is 6.33. The summed E-state index contributed by atoms with van der Waals surface area (Å²) in [4.78, 5) is 23.7. The highest BCUT2D eigenvalue weighted by Gasteiger charge is 2.53. The summed E-state index contributed by atoms with van der Waals surface area (Å²) in [6.45, 7) is -1.59. The largest absolute Gasteiger partial charge is 0.481 e. The molecule has 0 saturated carbocycles. The van der Waals surface area contributed by atoms with Crippen molar-refractivity contribution in [2.45, 2.75) is 6.18 Å². The van der Waals surface area contributed by atoms with Crippen LogP contribution >= 0.6 is 11.6 Å². The Morgan fingerprint density at radius 3 is 2.22 bits per heavy atom. The molecular formula is C13H9ClF5NO3. The monoisotopic (exact) mass is 357 g/mol. The molecule has 1 amide bonds. The van der Waals surface area contributed by atoms with Crippen LogP contribution in [0.2, 0.25) is 5.02 Å². The minimum absolute atomic E-state index is 0.469. The second-order valence-corrected chi connectivity index (χ2v) is 5.46. The number of halogens is 6. The quantitative estimate of drug-likeness (QED) is 0.654. The Bertz CT molecular complexity index is 664. The maximum absolute atomic E-state index is 13.2. The van der Waals surface area contributed by atoms with E-state index in [0.717, 1.165) is 0 Å². The van der Waals surface area contributed by atoms with E-state index < -0.39 is 65.2 Å². The van der Waals surface area contributed by atoms with Crippen molar-refractivity contribution in [3.8, 4) is 0 Å². The van der Waals surface area contributed by atoms with Gasteiger partial charge in [-0.25, -0.2) is 8.78 Å². The highest BCUT2D eigenvalue weighted by atomic mass is 35.5. The summed E-state index contributed by atoms with van der Waals surface area (Å²) < 4.78 is 64.8. The molecule has 2 atom stereocenters. The van der Waals surface area contributed by atoms with Crippen LogP contribution in [0.5, 0.6) is 0 Å². The number of carboxylic acid groups (broad SMARTS) is 1. The third kappa shape index (κ3) is 3.39. The fraction of sp³-hybridized carbons (Fsp3) is 0.385. The minimum atomic E-state index is -4.81. The molecule has 0 spiro atoms. The maximum Gasteiger partial charge on any atom is 0.394 e. The molecule has 1 heterocycles. The number of benzene rings is 1. The van der Waals surface area contributed by atoms with Gasteiger partial charge in [0.1, 0.15) is 0 Å². The number of carboxylic acids is 1. The zero-order valence-corrected chi connectivity index (χ0v) is 12.0. The summed E-state index contributed by atoms with van der Waals surface area (Å²) >= 11 is 5.61. The van der Waals surface area contributed by atoms with E-state index in [1.807, 2.05) is 0 Å². The first-order valence-corrected chi connectivity index (χ1v) is 6.63. The number of hydrogen-bond acceptors (Lipinski definition) is 2. The summed E-state index contributed by atoms with van der Waals surface area (Å²) in [5.41, 5.74) is -0.530. The Morgan fingerprint density at radius 1 is 1.17 bits per heavy atom. The van der Waals surface area contributed by atoms with Gasteiger partial charge in [-0.15, -0.1) is 0 Å². The molecule has 0 aromatic heterocycles. The van der Waals surface area contributed by atoms with Crippen molar-refractivity contribution in [2.24, 2.45) is 11.8 Å². The normalized spacial score (nSPS) is 21.6. The first-order valence-electron chi connectivity index (χ1n) is 6.25. The van der Waals surface area contributed by atoms with Crippen LogP contribution in [0.15, 0.2) is 12.1 Å². The summed E-state index contributed by atoms with van der Waals surface area (Å²) in [6.07, 6.45) is -4.81. The number of nitrogens with zero attached hydrogens (tertiary/aromatic N) is 1. The molecule has 1 saturated heterocycles. The molecule has 1 aromatic rings. The smallest absolute Gasteiger partial charge is 0.394 e. The van der Waals surface area contributed by atoms with Crippen molar-refractivity contribution < 1.29 is 36.6 Å². The Kier molecular flexibility index (Phi) is 4.52. The highest BCUT2D eigenvalue weighted by Crippen LogP contribution is 2.38. The molecule has 1 fully saturated rings. The standard InChI is InChI=1S/C13H9ClF5NO3/c14-8-2-10(16)9(15)1-5(8)11(21)20-3-6(12(22)23)7(4-20)13(17,18)19/h1-2,6-7H,3-4H2,(H,22,23)/t6-,7-/m1/s1. The van der Waals surface area contributed by atoms with Crippen molar-refractivity contribution in [3.63, 3.8) is 0 Å². The van der Waals surface area contributed by atoms with E-state index in [4.69, 9.17) is 16.7 Å². The van der Waals surface area contributed by atoms with Crippen LogP contribution in [0.3, 0.4) is 0 Å². The van der Waals surface area contributed by atoms with Crippen LogP contribution in [-0.4, -0.2) is 41.1 Å². The van der Waals surface area contributed by atoms with Gasteiger partial charge in [0, 0.05) is 13.1 Å². The Labute approximate surface area is 131 Å². The van der Waals surface area contributed by atoms with Gasteiger partial charge in [-0.3, -0.25) is 9.59 Å². The van der Waals surface area contributed by atoms with E-state index in [1.54, 1.807) is 0 Å². The fourth-order valence-corrected chi connectivity index (χ4v) is 2.64. The number of hydrogen-bond donors (Lipinski definition) is 1. The van der Waals surface area contributed by atoms with Crippen LogP contribution in [0, 0.1) is 23.5 Å². The van der Waals surface area contributed by atoms with Gasteiger partial charge in [0.2, 0.25) is 0 Å². The van der Waals surface area contributed by atoms with E-state index in [0.29, 0.717) is 17.0 Å². The van der Waals surface area contributed by atoms with E-state index in [-0.39, 0.29) is 0 Å². The molecule has 0 unspecified atom stereocenters. The lowest BCUT2D eigenvalue weighted by Gasteiger charge is -2.18. The summed E-state index contributed by atoms with van der Waals surface area (Å²) in [6, 6.07) is 0.993. The molecule has 126 valence electrons. The number of likely N-dealkylation sites (tertiary alicyclic amines) is 1. The third-order valence-corrected chi connectivity index (χ3v) is 3.90. The lowest BCUT2D eigenvalue weighted by molar-refractivity contribution is -0.187. The van der Waals surface area contributed by atoms with Gasteiger partial charge in [0.25, 0.3) is 5.91 Å². The molecular weight excluding hydrogens is 349 g/mol. The molecule has 0 bridgehead atoms. The van der Waals surface area contributed by atoms with Crippen LogP contribution in [0.1, 0.15) is 10.4 Å². The van der Waals surface area contributed by atoms with Crippen LogP contribution in [-0.2, 0) is 4.79 Å². The average molecular weight is 358 g/mol. The second-order valence-electron chi connectivity index (χ2n) is 5.05. The molecule has 1 N–H and O–H groups in total. The lowest BCUT2D eigenvalue weighted by atomic mass is 9.96. The van der Waals surface area contributed by atoms with Crippen LogP contribution in [0.25, 0.3) is 0 Å². The molecule has 1 aliphatic rings. The van der Waals surface area contributed by atoms with Gasteiger partial charge in [-0.05, 0) is 12.1 Å². The van der Waals surface area contributed by atoms with Crippen molar-refractivity contribution in [2.75, 3.05) is 13.1 Å². The number of rotatable bonds is 2. The third-order valence-electron chi connectivity index (χ3n) is 3.59. The van der Waals surface area contributed by atoms with E-state index in [2.05, 4.69) is 0 Å². The molecule has 0 radical (unpaired) electrons. The fourth-order valence-electron chi connectivity index (χ4n) is 2.41. The van der Waals surface area contributed by atoms with Gasteiger partial charge in [0.05, 0.1) is 22.4 Å². The number of carbonyl (C=O) groups excluding carboxylic acids is 1. The van der Waals surface area contributed by atoms with E-state index >= 15 is 0 Å².